The number of rotatable bonds is 4. The molecule has 1 unspecified atom stereocenters. The highest BCUT2D eigenvalue weighted by Gasteiger charge is 2.13. The first-order valence-electron chi connectivity index (χ1n) is 4.71. The number of aromatic nitrogens is 2. The molecule has 0 bridgehead atoms. The van der Waals surface area contributed by atoms with Crippen LogP contribution >= 0.6 is 11.6 Å². The molecule has 0 aromatic carbocycles. The number of hydrogen-bond acceptors (Lipinski definition) is 3. The lowest BCUT2D eigenvalue weighted by Crippen LogP contribution is -2.07. The molecular weight excluding hydrogens is 200 g/mol. The van der Waals surface area contributed by atoms with Crippen LogP contribution < -0.4 is 0 Å². The summed E-state index contributed by atoms with van der Waals surface area (Å²) in [6, 6.07) is 1.74. The van der Waals surface area contributed by atoms with Gasteiger partial charge in [0.05, 0.1) is 0 Å². The van der Waals surface area contributed by atoms with Crippen molar-refractivity contribution in [1.29, 1.82) is 0 Å². The number of ether oxygens (including phenoxy) is 1. The fourth-order valence-electron chi connectivity index (χ4n) is 1.31. The van der Waals surface area contributed by atoms with Crippen LogP contribution in [0.2, 0.25) is 5.15 Å². The van der Waals surface area contributed by atoms with Crippen molar-refractivity contribution in [1.82, 2.24) is 9.97 Å². The van der Waals surface area contributed by atoms with Crippen LogP contribution in [0.5, 0.6) is 0 Å². The van der Waals surface area contributed by atoms with E-state index < -0.39 is 0 Å². The molecule has 1 atom stereocenters. The van der Waals surface area contributed by atoms with Crippen LogP contribution in [0, 0.1) is 6.92 Å². The van der Waals surface area contributed by atoms with Gasteiger partial charge in [-0.3, -0.25) is 0 Å². The Morgan fingerprint density at radius 3 is 2.71 bits per heavy atom. The Morgan fingerprint density at radius 1 is 1.50 bits per heavy atom. The fourth-order valence-corrected chi connectivity index (χ4v) is 1.56. The Labute approximate surface area is 89.5 Å². The molecule has 1 heterocycles. The molecule has 0 fully saturated rings. The number of aryl methyl sites for hydroxylation is 1. The van der Waals surface area contributed by atoms with Gasteiger partial charge < -0.3 is 4.74 Å². The zero-order valence-electron chi connectivity index (χ0n) is 8.75. The molecule has 0 saturated carbocycles. The van der Waals surface area contributed by atoms with Crippen molar-refractivity contribution in [2.75, 3.05) is 7.11 Å². The van der Waals surface area contributed by atoms with Crippen LogP contribution in [0.1, 0.15) is 37.4 Å². The second-order valence-electron chi connectivity index (χ2n) is 3.20. The van der Waals surface area contributed by atoms with E-state index in [-0.39, 0.29) is 6.10 Å². The van der Waals surface area contributed by atoms with Gasteiger partial charge in [-0.25, -0.2) is 9.97 Å². The summed E-state index contributed by atoms with van der Waals surface area (Å²) in [6.45, 7) is 4.00. The molecule has 4 heteroatoms. The first kappa shape index (κ1) is 11.4. The highest BCUT2D eigenvalue weighted by atomic mass is 35.5. The predicted molar refractivity (Wildman–Crippen MR) is 56.4 cm³/mol. The number of nitrogens with zero attached hydrogens (tertiary/aromatic N) is 2. The van der Waals surface area contributed by atoms with E-state index in [2.05, 4.69) is 16.9 Å². The third-order valence-corrected chi connectivity index (χ3v) is 2.16. The van der Waals surface area contributed by atoms with Crippen molar-refractivity contribution in [3.63, 3.8) is 0 Å². The second-order valence-corrected chi connectivity index (χ2v) is 3.59. The van der Waals surface area contributed by atoms with E-state index in [0.717, 1.165) is 18.5 Å². The smallest absolute Gasteiger partial charge is 0.159 e. The Hall–Kier alpha value is -0.670. The van der Waals surface area contributed by atoms with Gasteiger partial charge in [-0.2, -0.15) is 0 Å². The van der Waals surface area contributed by atoms with E-state index in [0.29, 0.717) is 11.0 Å². The fraction of sp³-hybridized carbons (Fsp3) is 0.600. The summed E-state index contributed by atoms with van der Waals surface area (Å²) < 4.78 is 5.30. The van der Waals surface area contributed by atoms with Gasteiger partial charge in [0, 0.05) is 12.8 Å². The number of hydrogen-bond donors (Lipinski definition) is 0. The summed E-state index contributed by atoms with van der Waals surface area (Å²) in [5.41, 5.74) is 0.873. The standard InChI is InChI=1S/C10H15ClN2O/c1-4-5-8(14-3)10-12-7(2)6-9(11)13-10/h6,8H,4-5H2,1-3H3. The Morgan fingerprint density at radius 2 is 2.21 bits per heavy atom. The molecule has 0 amide bonds. The number of halogens is 1. The van der Waals surface area contributed by atoms with Crippen LogP contribution in [-0.2, 0) is 4.74 Å². The summed E-state index contributed by atoms with van der Waals surface area (Å²) >= 11 is 5.84. The number of methoxy groups -OCH3 is 1. The molecular formula is C10H15ClN2O. The van der Waals surface area contributed by atoms with Gasteiger partial charge in [-0.15, -0.1) is 0 Å². The van der Waals surface area contributed by atoms with Crippen LogP contribution in [0.25, 0.3) is 0 Å². The lowest BCUT2D eigenvalue weighted by atomic mass is 10.2. The molecule has 1 rings (SSSR count). The van der Waals surface area contributed by atoms with Gasteiger partial charge in [0.1, 0.15) is 11.3 Å². The quantitative estimate of drug-likeness (QED) is 0.723. The highest BCUT2D eigenvalue weighted by Crippen LogP contribution is 2.20. The van der Waals surface area contributed by atoms with E-state index in [9.17, 15) is 0 Å². The third kappa shape index (κ3) is 2.93. The largest absolute Gasteiger partial charge is 0.373 e. The van der Waals surface area contributed by atoms with Crippen molar-refractivity contribution < 1.29 is 4.74 Å². The molecule has 0 saturated heterocycles. The molecule has 1 aromatic rings. The van der Waals surface area contributed by atoms with Gasteiger partial charge in [0.2, 0.25) is 0 Å². The molecule has 0 radical (unpaired) electrons. The average Bonchev–Trinajstić information content (AvgIpc) is 2.12. The first-order chi connectivity index (χ1) is 6.67. The lowest BCUT2D eigenvalue weighted by Gasteiger charge is -2.13. The van der Waals surface area contributed by atoms with E-state index in [4.69, 9.17) is 16.3 Å². The maximum atomic E-state index is 5.84. The molecule has 14 heavy (non-hydrogen) atoms. The molecule has 0 aliphatic carbocycles. The monoisotopic (exact) mass is 214 g/mol. The first-order valence-corrected chi connectivity index (χ1v) is 5.09. The van der Waals surface area contributed by atoms with E-state index in [1.54, 1.807) is 13.2 Å². The molecule has 0 spiro atoms. The SMILES string of the molecule is CCCC(OC)c1nc(C)cc(Cl)n1. The van der Waals surface area contributed by atoms with Gasteiger partial charge in [0.25, 0.3) is 0 Å². The molecule has 0 aliphatic rings. The Balaban J connectivity index is 2.91. The average molecular weight is 215 g/mol. The maximum Gasteiger partial charge on any atom is 0.159 e. The Kier molecular flexibility index (Phi) is 4.29. The van der Waals surface area contributed by atoms with Crippen LogP contribution in [0.4, 0.5) is 0 Å². The minimum absolute atomic E-state index is 0.0441. The minimum Gasteiger partial charge on any atom is -0.373 e. The van der Waals surface area contributed by atoms with Crippen molar-refractivity contribution in [2.24, 2.45) is 0 Å². The second kappa shape index (κ2) is 5.27. The molecule has 3 nitrogen and oxygen atoms in total. The van der Waals surface area contributed by atoms with Gasteiger partial charge in [-0.05, 0) is 19.4 Å². The van der Waals surface area contributed by atoms with Crippen molar-refractivity contribution in [2.45, 2.75) is 32.8 Å². The van der Waals surface area contributed by atoms with E-state index in [1.807, 2.05) is 6.92 Å². The minimum atomic E-state index is -0.0441. The summed E-state index contributed by atoms with van der Waals surface area (Å²) in [6.07, 6.45) is 1.90. The van der Waals surface area contributed by atoms with E-state index >= 15 is 0 Å². The van der Waals surface area contributed by atoms with Crippen molar-refractivity contribution >= 4 is 11.6 Å². The van der Waals surface area contributed by atoms with Crippen LogP contribution in [0.15, 0.2) is 6.07 Å². The third-order valence-electron chi connectivity index (χ3n) is 1.96. The van der Waals surface area contributed by atoms with Gasteiger partial charge >= 0.3 is 0 Å². The summed E-state index contributed by atoms with van der Waals surface area (Å²) in [5, 5.41) is 0.477. The lowest BCUT2D eigenvalue weighted by molar-refractivity contribution is 0.0875. The highest BCUT2D eigenvalue weighted by molar-refractivity contribution is 6.29. The summed E-state index contributed by atoms with van der Waals surface area (Å²) in [7, 11) is 1.67. The summed E-state index contributed by atoms with van der Waals surface area (Å²) in [4.78, 5) is 8.46. The maximum absolute atomic E-state index is 5.84. The van der Waals surface area contributed by atoms with Crippen molar-refractivity contribution in [3.8, 4) is 0 Å². The Bertz CT molecular complexity index is 284. The molecule has 0 aliphatic heterocycles. The van der Waals surface area contributed by atoms with E-state index in [1.165, 1.54) is 0 Å². The van der Waals surface area contributed by atoms with Crippen LogP contribution in [0.3, 0.4) is 0 Å². The zero-order chi connectivity index (χ0) is 10.6. The predicted octanol–water partition coefficient (Wildman–Crippen LogP) is 2.93. The van der Waals surface area contributed by atoms with Crippen LogP contribution in [-0.4, -0.2) is 17.1 Å². The molecule has 1 aromatic heterocycles. The van der Waals surface area contributed by atoms with Gasteiger partial charge in [-0.1, -0.05) is 24.9 Å². The molecule has 78 valence electrons. The zero-order valence-corrected chi connectivity index (χ0v) is 9.51. The topological polar surface area (TPSA) is 35.0 Å². The normalized spacial score (nSPS) is 12.9. The summed E-state index contributed by atoms with van der Waals surface area (Å²) in [5.74, 6) is 0.680. The molecule has 0 N–H and O–H groups in total. The van der Waals surface area contributed by atoms with Gasteiger partial charge in [0.15, 0.2) is 5.82 Å². The van der Waals surface area contributed by atoms with Crippen molar-refractivity contribution in [3.05, 3.63) is 22.7 Å².